The minimum Gasteiger partial charge on any atom is -0.353 e. The summed E-state index contributed by atoms with van der Waals surface area (Å²) in [5, 5.41) is 3.15. The lowest BCUT2D eigenvalue weighted by atomic mass is 9.95. The number of piperazine rings is 1. The van der Waals surface area contributed by atoms with E-state index in [0.717, 1.165) is 50.8 Å². The molecule has 7 nitrogen and oxygen atoms in total. The van der Waals surface area contributed by atoms with Gasteiger partial charge in [-0.3, -0.25) is 4.79 Å². The number of hydrogen-bond donors (Lipinski definition) is 1. The molecular formula is C20H26N6O. The van der Waals surface area contributed by atoms with Crippen molar-refractivity contribution in [3.63, 3.8) is 0 Å². The third-order valence-corrected chi connectivity index (χ3v) is 5.39. The quantitative estimate of drug-likeness (QED) is 0.895. The van der Waals surface area contributed by atoms with Crippen LogP contribution in [0.2, 0.25) is 0 Å². The number of anilines is 2. The van der Waals surface area contributed by atoms with E-state index in [-0.39, 0.29) is 5.91 Å². The number of carbonyl (C=O) groups is 1. The zero-order valence-electron chi connectivity index (χ0n) is 15.5. The highest BCUT2D eigenvalue weighted by Gasteiger charge is 2.21. The molecular weight excluding hydrogens is 340 g/mol. The van der Waals surface area contributed by atoms with E-state index in [4.69, 9.17) is 0 Å². The zero-order chi connectivity index (χ0) is 18.5. The van der Waals surface area contributed by atoms with Crippen LogP contribution in [0, 0.1) is 0 Å². The van der Waals surface area contributed by atoms with Crippen LogP contribution in [0.25, 0.3) is 0 Å². The van der Waals surface area contributed by atoms with Crippen LogP contribution >= 0.6 is 0 Å². The smallest absolute Gasteiger partial charge is 0.253 e. The standard InChI is InChI=1S/C20H26N6O/c27-19(24-17-5-2-1-3-6-17)16-7-8-18(23-15-16)25-11-13-26(14-12-25)20-21-9-4-10-22-20/h4,7-10,15,17H,1-3,5-6,11-14H2,(H,24,27). The van der Waals surface area contributed by atoms with Crippen LogP contribution in [0.4, 0.5) is 11.8 Å². The second kappa shape index (κ2) is 8.33. The SMILES string of the molecule is O=C(NC1CCCCC1)c1ccc(N2CCN(c3ncccn3)CC2)nc1. The van der Waals surface area contributed by atoms with E-state index in [2.05, 4.69) is 30.1 Å². The summed E-state index contributed by atoms with van der Waals surface area (Å²) >= 11 is 0. The third-order valence-electron chi connectivity index (χ3n) is 5.39. The fourth-order valence-electron chi connectivity index (χ4n) is 3.81. The number of hydrogen-bond acceptors (Lipinski definition) is 6. The summed E-state index contributed by atoms with van der Waals surface area (Å²) in [6, 6.07) is 5.98. The molecule has 27 heavy (non-hydrogen) atoms. The molecule has 0 radical (unpaired) electrons. The second-order valence-corrected chi connectivity index (χ2v) is 7.24. The van der Waals surface area contributed by atoms with Gasteiger partial charge in [0.15, 0.2) is 0 Å². The Balaban J connectivity index is 1.32. The van der Waals surface area contributed by atoms with Crippen LogP contribution in [0.15, 0.2) is 36.8 Å². The van der Waals surface area contributed by atoms with E-state index in [9.17, 15) is 4.79 Å². The van der Waals surface area contributed by atoms with Crippen molar-refractivity contribution < 1.29 is 4.79 Å². The van der Waals surface area contributed by atoms with Gasteiger partial charge in [0.1, 0.15) is 5.82 Å². The lowest BCUT2D eigenvalue weighted by molar-refractivity contribution is 0.0927. The summed E-state index contributed by atoms with van der Waals surface area (Å²) in [4.78, 5) is 30.0. The summed E-state index contributed by atoms with van der Waals surface area (Å²) in [6.45, 7) is 3.43. The Morgan fingerprint density at radius 3 is 2.30 bits per heavy atom. The first-order valence-electron chi connectivity index (χ1n) is 9.83. The number of aromatic nitrogens is 3. The van der Waals surface area contributed by atoms with Gasteiger partial charge in [-0.15, -0.1) is 0 Å². The van der Waals surface area contributed by atoms with Crippen LogP contribution in [0.3, 0.4) is 0 Å². The van der Waals surface area contributed by atoms with Gasteiger partial charge in [-0.2, -0.15) is 0 Å². The molecule has 4 rings (SSSR count). The highest BCUT2D eigenvalue weighted by molar-refractivity contribution is 5.94. The van der Waals surface area contributed by atoms with Gasteiger partial charge >= 0.3 is 0 Å². The topological polar surface area (TPSA) is 74.2 Å². The molecule has 0 atom stereocenters. The van der Waals surface area contributed by atoms with Crippen molar-refractivity contribution in [2.75, 3.05) is 36.0 Å². The summed E-state index contributed by atoms with van der Waals surface area (Å²) in [5.74, 6) is 1.68. The molecule has 0 spiro atoms. The maximum Gasteiger partial charge on any atom is 0.253 e. The molecule has 0 unspecified atom stereocenters. The van der Waals surface area contributed by atoms with Crippen LogP contribution in [0.1, 0.15) is 42.5 Å². The monoisotopic (exact) mass is 366 g/mol. The Hall–Kier alpha value is -2.70. The summed E-state index contributed by atoms with van der Waals surface area (Å²) < 4.78 is 0. The second-order valence-electron chi connectivity index (χ2n) is 7.24. The van der Waals surface area contributed by atoms with Crippen molar-refractivity contribution >= 4 is 17.7 Å². The van der Waals surface area contributed by atoms with Gasteiger partial charge in [0.2, 0.25) is 5.95 Å². The van der Waals surface area contributed by atoms with Gasteiger partial charge in [-0.25, -0.2) is 15.0 Å². The maximum absolute atomic E-state index is 12.4. The Morgan fingerprint density at radius 2 is 1.63 bits per heavy atom. The van der Waals surface area contributed by atoms with Gasteiger partial charge in [-0.1, -0.05) is 19.3 Å². The molecule has 1 N–H and O–H groups in total. The van der Waals surface area contributed by atoms with E-state index in [1.165, 1.54) is 19.3 Å². The Labute approximate surface area is 159 Å². The molecule has 2 fully saturated rings. The van der Waals surface area contributed by atoms with Crippen molar-refractivity contribution in [2.24, 2.45) is 0 Å². The fraction of sp³-hybridized carbons (Fsp3) is 0.500. The summed E-state index contributed by atoms with van der Waals surface area (Å²) in [6.07, 6.45) is 11.1. The van der Waals surface area contributed by atoms with Crippen LogP contribution in [-0.4, -0.2) is 53.1 Å². The van der Waals surface area contributed by atoms with Gasteiger partial charge < -0.3 is 15.1 Å². The first-order chi connectivity index (χ1) is 13.3. The maximum atomic E-state index is 12.4. The number of pyridine rings is 1. The number of rotatable bonds is 4. The highest BCUT2D eigenvalue weighted by atomic mass is 16.1. The minimum absolute atomic E-state index is 0.00741. The molecule has 142 valence electrons. The summed E-state index contributed by atoms with van der Waals surface area (Å²) in [7, 11) is 0. The molecule has 3 heterocycles. The number of carbonyl (C=O) groups excluding carboxylic acids is 1. The minimum atomic E-state index is -0.00741. The van der Waals surface area contributed by atoms with Gasteiger partial charge in [-0.05, 0) is 31.0 Å². The average Bonchev–Trinajstić information content (AvgIpc) is 2.75. The molecule has 1 aliphatic heterocycles. The van der Waals surface area contributed by atoms with E-state index in [1.54, 1.807) is 18.6 Å². The predicted octanol–water partition coefficient (Wildman–Crippen LogP) is 2.26. The first-order valence-corrected chi connectivity index (χ1v) is 9.83. The Bertz CT molecular complexity index is 737. The van der Waals surface area contributed by atoms with Crippen LogP contribution < -0.4 is 15.1 Å². The van der Waals surface area contributed by atoms with Gasteiger partial charge in [0.05, 0.1) is 5.56 Å². The number of nitrogens with zero attached hydrogens (tertiary/aromatic N) is 5. The predicted molar refractivity (Wildman–Crippen MR) is 105 cm³/mol. The Morgan fingerprint density at radius 1 is 0.926 bits per heavy atom. The number of amides is 1. The molecule has 1 aliphatic carbocycles. The van der Waals surface area contributed by atoms with E-state index in [1.807, 2.05) is 18.2 Å². The van der Waals surface area contributed by atoms with E-state index in [0.29, 0.717) is 11.6 Å². The molecule has 0 bridgehead atoms. The first kappa shape index (κ1) is 17.7. The van der Waals surface area contributed by atoms with Crippen molar-refractivity contribution in [3.05, 3.63) is 42.4 Å². The zero-order valence-corrected chi connectivity index (χ0v) is 15.5. The Kier molecular flexibility index (Phi) is 5.46. The average molecular weight is 366 g/mol. The molecule has 1 saturated carbocycles. The normalized spacial score (nSPS) is 18.4. The fourth-order valence-corrected chi connectivity index (χ4v) is 3.81. The van der Waals surface area contributed by atoms with Gasteiger partial charge in [0.25, 0.3) is 5.91 Å². The van der Waals surface area contributed by atoms with Gasteiger partial charge in [0, 0.05) is 50.8 Å². The molecule has 0 aromatic carbocycles. The van der Waals surface area contributed by atoms with Crippen molar-refractivity contribution in [3.8, 4) is 0 Å². The number of nitrogens with one attached hydrogen (secondary N) is 1. The van der Waals surface area contributed by atoms with Crippen LogP contribution in [0.5, 0.6) is 0 Å². The van der Waals surface area contributed by atoms with Crippen molar-refractivity contribution in [1.82, 2.24) is 20.3 Å². The van der Waals surface area contributed by atoms with E-state index < -0.39 is 0 Å². The highest BCUT2D eigenvalue weighted by Crippen LogP contribution is 2.19. The third kappa shape index (κ3) is 4.35. The largest absolute Gasteiger partial charge is 0.353 e. The molecule has 2 aromatic heterocycles. The molecule has 1 saturated heterocycles. The molecule has 1 amide bonds. The van der Waals surface area contributed by atoms with Crippen LogP contribution in [-0.2, 0) is 0 Å². The summed E-state index contributed by atoms with van der Waals surface area (Å²) in [5.41, 5.74) is 0.639. The van der Waals surface area contributed by atoms with Crippen molar-refractivity contribution in [2.45, 2.75) is 38.1 Å². The van der Waals surface area contributed by atoms with E-state index >= 15 is 0 Å². The lowest BCUT2D eigenvalue weighted by Gasteiger charge is -2.35. The lowest BCUT2D eigenvalue weighted by Crippen LogP contribution is -2.47. The van der Waals surface area contributed by atoms with Crippen molar-refractivity contribution in [1.29, 1.82) is 0 Å². The molecule has 2 aliphatic rings. The molecule has 2 aromatic rings. The molecule has 7 heteroatoms.